The van der Waals surface area contributed by atoms with Crippen LogP contribution < -0.4 is 4.74 Å². The van der Waals surface area contributed by atoms with E-state index >= 15 is 0 Å². The number of hydrogen-bond acceptors (Lipinski definition) is 6. The van der Waals surface area contributed by atoms with E-state index in [9.17, 15) is 9.90 Å². The number of aliphatic hydroxyl groups excluding tert-OH is 1. The van der Waals surface area contributed by atoms with Crippen LogP contribution in [0.15, 0.2) is 18.2 Å². The number of carbonyl (C=O) groups is 1. The standard InChI is InChI=1S/C21H32O6/c1-15-7-4-5-8-16-9-6-10-18(25-3)20(16)21(23)27-17(11-12-22)13-19(15)26-14-24-2/h6,9-10,15,17,19,22H,4-5,7-8,11-14H2,1-3H3/t15-,17-,19+/m0/s1. The highest BCUT2D eigenvalue weighted by molar-refractivity contribution is 5.94. The quantitative estimate of drug-likeness (QED) is 0.603. The van der Waals surface area contributed by atoms with E-state index in [0.29, 0.717) is 30.1 Å². The van der Waals surface area contributed by atoms with Crippen molar-refractivity contribution in [2.45, 2.75) is 57.7 Å². The van der Waals surface area contributed by atoms with Gasteiger partial charge in [-0.15, -0.1) is 0 Å². The Bertz CT molecular complexity index is 588. The Morgan fingerprint density at radius 3 is 2.78 bits per heavy atom. The molecule has 0 unspecified atom stereocenters. The van der Waals surface area contributed by atoms with Gasteiger partial charge in [0.1, 0.15) is 24.2 Å². The number of carbonyl (C=O) groups excluding carboxylic acids is 1. The maximum absolute atomic E-state index is 12.9. The first-order valence-corrected chi connectivity index (χ1v) is 9.69. The molecule has 0 saturated heterocycles. The molecule has 1 aliphatic rings. The van der Waals surface area contributed by atoms with Crippen LogP contribution in [0.25, 0.3) is 0 Å². The average molecular weight is 380 g/mol. The summed E-state index contributed by atoms with van der Waals surface area (Å²) in [5, 5.41) is 9.44. The third kappa shape index (κ3) is 6.19. The van der Waals surface area contributed by atoms with Crippen LogP contribution in [-0.4, -0.2) is 50.9 Å². The molecule has 0 spiro atoms. The predicted octanol–water partition coefficient (Wildman–Crippen LogP) is 3.34. The van der Waals surface area contributed by atoms with Gasteiger partial charge in [0.05, 0.1) is 13.2 Å². The van der Waals surface area contributed by atoms with E-state index in [-0.39, 0.29) is 19.5 Å². The van der Waals surface area contributed by atoms with Crippen LogP contribution in [0, 0.1) is 5.92 Å². The molecule has 2 rings (SSSR count). The van der Waals surface area contributed by atoms with Gasteiger partial charge in [-0.1, -0.05) is 25.5 Å². The number of fused-ring (bicyclic) bond motifs is 1. The zero-order valence-electron chi connectivity index (χ0n) is 16.6. The third-order valence-electron chi connectivity index (χ3n) is 5.15. The summed E-state index contributed by atoms with van der Waals surface area (Å²) in [5.74, 6) is 0.432. The van der Waals surface area contributed by atoms with Crippen molar-refractivity contribution in [3.05, 3.63) is 29.3 Å². The molecule has 1 aliphatic heterocycles. The SMILES string of the molecule is COCO[C@@H]1C[C@H](CCO)OC(=O)c2c(cccc2OC)CCCC[C@@H]1C. The third-order valence-corrected chi connectivity index (χ3v) is 5.15. The topological polar surface area (TPSA) is 74.2 Å². The lowest BCUT2D eigenvalue weighted by Crippen LogP contribution is -2.32. The molecule has 6 nitrogen and oxygen atoms in total. The van der Waals surface area contributed by atoms with Gasteiger partial charge in [-0.3, -0.25) is 0 Å². The zero-order chi connectivity index (χ0) is 19.6. The van der Waals surface area contributed by atoms with Gasteiger partial charge in [-0.05, 0) is 36.8 Å². The van der Waals surface area contributed by atoms with Gasteiger partial charge in [-0.2, -0.15) is 0 Å². The van der Waals surface area contributed by atoms with Crippen LogP contribution >= 0.6 is 0 Å². The second-order valence-electron chi connectivity index (χ2n) is 7.10. The first-order valence-electron chi connectivity index (χ1n) is 9.69. The molecule has 0 saturated carbocycles. The summed E-state index contributed by atoms with van der Waals surface area (Å²) in [4.78, 5) is 12.9. The minimum absolute atomic E-state index is 0.0535. The molecular weight excluding hydrogens is 348 g/mol. The summed E-state index contributed by atoms with van der Waals surface area (Å²) in [6.07, 6.45) is 4.22. The second kappa shape index (κ2) is 11.3. The molecule has 0 fully saturated rings. The summed E-state index contributed by atoms with van der Waals surface area (Å²) in [7, 11) is 3.15. The fraction of sp³-hybridized carbons (Fsp3) is 0.667. The van der Waals surface area contributed by atoms with Gasteiger partial charge in [0.2, 0.25) is 0 Å². The lowest BCUT2D eigenvalue weighted by atomic mass is 9.91. The summed E-state index contributed by atoms with van der Waals surface area (Å²) < 4.78 is 22.1. The molecule has 6 heteroatoms. The van der Waals surface area contributed by atoms with Crippen molar-refractivity contribution >= 4 is 5.97 Å². The van der Waals surface area contributed by atoms with E-state index in [1.807, 2.05) is 12.1 Å². The minimum atomic E-state index is -0.427. The maximum Gasteiger partial charge on any atom is 0.342 e. The molecule has 0 bridgehead atoms. The first kappa shape index (κ1) is 21.7. The lowest BCUT2D eigenvalue weighted by Gasteiger charge is -2.29. The van der Waals surface area contributed by atoms with Gasteiger partial charge in [0.15, 0.2) is 0 Å². The summed E-state index contributed by atoms with van der Waals surface area (Å²) >= 11 is 0. The molecule has 0 aliphatic carbocycles. The lowest BCUT2D eigenvalue weighted by molar-refractivity contribution is -0.105. The Morgan fingerprint density at radius 1 is 1.26 bits per heavy atom. The van der Waals surface area contributed by atoms with Gasteiger partial charge in [-0.25, -0.2) is 4.79 Å². The maximum atomic E-state index is 12.9. The normalized spacial score (nSPS) is 24.3. The largest absolute Gasteiger partial charge is 0.496 e. The van der Waals surface area contributed by atoms with E-state index in [2.05, 4.69) is 6.92 Å². The molecule has 0 amide bonds. The molecular formula is C21H32O6. The van der Waals surface area contributed by atoms with E-state index in [4.69, 9.17) is 18.9 Å². The van der Waals surface area contributed by atoms with E-state index in [0.717, 1.165) is 31.2 Å². The number of esters is 1. The van der Waals surface area contributed by atoms with Crippen LogP contribution in [-0.2, 0) is 20.6 Å². The number of cyclic esters (lactones) is 1. The highest BCUT2D eigenvalue weighted by atomic mass is 16.7. The predicted molar refractivity (Wildman–Crippen MR) is 102 cm³/mol. The Labute approximate surface area is 161 Å². The molecule has 1 aromatic carbocycles. The molecule has 0 aromatic heterocycles. The number of aryl methyl sites for hydroxylation is 1. The van der Waals surface area contributed by atoms with Crippen molar-refractivity contribution in [1.29, 1.82) is 0 Å². The highest BCUT2D eigenvalue weighted by Gasteiger charge is 2.28. The number of aliphatic hydroxyl groups is 1. The van der Waals surface area contributed by atoms with Crippen LogP contribution in [0.1, 0.15) is 54.9 Å². The van der Waals surface area contributed by atoms with Crippen molar-refractivity contribution < 1.29 is 28.8 Å². The molecule has 27 heavy (non-hydrogen) atoms. The first-order chi connectivity index (χ1) is 13.1. The van der Waals surface area contributed by atoms with Gasteiger partial charge < -0.3 is 24.1 Å². The monoisotopic (exact) mass is 380 g/mol. The van der Waals surface area contributed by atoms with Gasteiger partial charge in [0, 0.05) is 26.6 Å². The Balaban J connectivity index is 2.30. The number of rotatable bonds is 6. The Morgan fingerprint density at radius 2 is 2.07 bits per heavy atom. The smallest absolute Gasteiger partial charge is 0.342 e. The number of ether oxygens (including phenoxy) is 4. The summed E-state index contributed by atoms with van der Waals surface area (Å²) in [6, 6.07) is 5.64. The second-order valence-corrected chi connectivity index (χ2v) is 7.10. The Hall–Kier alpha value is -1.63. The zero-order valence-corrected chi connectivity index (χ0v) is 16.6. The van der Waals surface area contributed by atoms with Crippen molar-refractivity contribution in [1.82, 2.24) is 0 Å². The van der Waals surface area contributed by atoms with Crippen molar-refractivity contribution in [2.24, 2.45) is 5.92 Å². The summed E-state index contributed by atoms with van der Waals surface area (Å²) in [6.45, 7) is 2.30. The van der Waals surface area contributed by atoms with Crippen molar-refractivity contribution in [2.75, 3.05) is 27.6 Å². The molecule has 1 heterocycles. The molecule has 1 N–H and O–H groups in total. The molecule has 3 atom stereocenters. The summed E-state index contributed by atoms with van der Waals surface area (Å²) in [5.41, 5.74) is 1.44. The minimum Gasteiger partial charge on any atom is -0.496 e. The molecule has 0 radical (unpaired) electrons. The van der Waals surface area contributed by atoms with Crippen LogP contribution in [0.4, 0.5) is 0 Å². The molecule has 152 valence electrons. The fourth-order valence-electron chi connectivity index (χ4n) is 3.61. The Kier molecular flexibility index (Phi) is 9.04. The molecule has 1 aromatic rings. The van der Waals surface area contributed by atoms with E-state index < -0.39 is 12.1 Å². The van der Waals surface area contributed by atoms with E-state index in [1.165, 1.54) is 0 Å². The van der Waals surface area contributed by atoms with Crippen molar-refractivity contribution in [3.8, 4) is 5.75 Å². The van der Waals surface area contributed by atoms with Crippen LogP contribution in [0.2, 0.25) is 0 Å². The number of hydrogen-bond donors (Lipinski definition) is 1. The van der Waals surface area contributed by atoms with Gasteiger partial charge in [0.25, 0.3) is 0 Å². The highest BCUT2D eigenvalue weighted by Crippen LogP contribution is 2.29. The van der Waals surface area contributed by atoms with Crippen LogP contribution in [0.5, 0.6) is 5.75 Å². The average Bonchev–Trinajstić information content (AvgIpc) is 2.67. The number of methoxy groups -OCH3 is 2. The van der Waals surface area contributed by atoms with Crippen LogP contribution in [0.3, 0.4) is 0 Å². The van der Waals surface area contributed by atoms with Gasteiger partial charge >= 0.3 is 5.97 Å². The van der Waals surface area contributed by atoms with E-state index in [1.54, 1.807) is 20.3 Å². The fourth-order valence-corrected chi connectivity index (χ4v) is 3.61. The number of benzene rings is 1. The van der Waals surface area contributed by atoms with Crippen molar-refractivity contribution in [3.63, 3.8) is 0 Å².